The minimum absolute atomic E-state index is 0.145. The standard InChI is InChI=1S/C19H15ClF3IN4O2/c20-14-9-12(24)4-5-15(14)26-17-10-16(27-18(28-17)25-6-7-29)11-2-1-3-13(8-11)30-19(21,22)23/h1-5,8-10,29H,6-7H2,(H2,25,26,27,28). The van der Waals surface area contributed by atoms with Crippen molar-refractivity contribution in [2.45, 2.75) is 6.36 Å². The molecule has 0 aliphatic carbocycles. The average Bonchev–Trinajstić information content (AvgIpc) is 2.67. The summed E-state index contributed by atoms with van der Waals surface area (Å²) in [5.74, 6) is 0.192. The third-order valence-electron chi connectivity index (χ3n) is 3.68. The molecule has 0 radical (unpaired) electrons. The summed E-state index contributed by atoms with van der Waals surface area (Å²) in [6, 6.07) is 12.5. The van der Waals surface area contributed by atoms with Gasteiger partial charge in [0.05, 0.1) is 23.0 Å². The molecule has 0 saturated carbocycles. The summed E-state index contributed by atoms with van der Waals surface area (Å²) in [4.78, 5) is 8.63. The van der Waals surface area contributed by atoms with Gasteiger partial charge in [0.15, 0.2) is 0 Å². The monoisotopic (exact) mass is 550 g/mol. The van der Waals surface area contributed by atoms with Gasteiger partial charge in [-0.25, -0.2) is 4.98 Å². The van der Waals surface area contributed by atoms with Gasteiger partial charge in [0, 0.05) is 21.7 Å². The lowest BCUT2D eigenvalue weighted by Gasteiger charge is -2.13. The maximum absolute atomic E-state index is 12.5. The van der Waals surface area contributed by atoms with E-state index in [0.717, 1.165) is 3.57 Å². The smallest absolute Gasteiger partial charge is 0.406 e. The molecule has 0 unspecified atom stereocenters. The Morgan fingerprint density at radius 3 is 2.60 bits per heavy atom. The molecule has 0 saturated heterocycles. The second kappa shape index (κ2) is 9.67. The van der Waals surface area contributed by atoms with Crippen molar-refractivity contribution in [1.29, 1.82) is 0 Å². The number of rotatable bonds is 7. The van der Waals surface area contributed by atoms with Crippen molar-refractivity contribution in [2.24, 2.45) is 0 Å². The van der Waals surface area contributed by atoms with Crippen LogP contribution in [0, 0.1) is 3.57 Å². The third kappa shape index (κ3) is 6.34. The van der Waals surface area contributed by atoms with Gasteiger partial charge in [0.25, 0.3) is 0 Å². The molecule has 0 atom stereocenters. The summed E-state index contributed by atoms with van der Waals surface area (Å²) in [7, 11) is 0. The van der Waals surface area contributed by atoms with Crippen molar-refractivity contribution >= 4 is 51.6 Å². The lowest BCUT2D eigenvalue weighted by molar-refractivity contribution is -0.274. The highest BCUT2D eigenvalue weighted by Crippen LogP contribution is 2.31. The summed E-state index contributed by atoms with van der Waals surface area (Å²) >= 11 is 8.39. The number of alkyl halides is 3. The molecule has 6 nitrogen and oxygen atoms in total. The fourth-order valence-corrected chi connectivity index (χ4v) is 3.39. The van der Waals surface area contributed by atoms with Gasteiger partial charge in [0.2, 0.25) is 5.95 Å². The van der Waals surface area contributed by atoms with Crippen LogP contribution in [0.25, 0.3) is 11.3 Å². The zero-order valence-electron chi connectivity index (χ0n) is 15.2. The van der Waals surface area contributed by atoms with E-state index in [2.05, 4.69) is 47.9 Å². The van der Waals surface area contributed by atoms with Gasteiger partial charge in [-0.05, 0) is 52.9 Å². The Bertz CT molecular complexity index is 1040. The SMILES string of the molecule is OCCNc1nc(Nc2ccc(I)cc2Cl)cc(-c2cccc(OC(F)(F)F)c2)n1. The Kier molecular flexibility index (Phi) is 7.21. The Morgan fingerprint density at radius 2 is 1.90 bits per heavy atom. The summed E-state index contributed by atoms with van der Waals surface area (Å²) in [5, 5.41) is 15.5. The predicted octanol–water partition coefficient (Wildman–Crippen LogP) is 5.45. The van der Waals surface area contributed by atoms with Crippen LogP contribution in [0.2, 0.25) is 5.02 Å². The number of halogens is 5. The minimum atomic E-state index is -4.80. The summed E-state index contributed by atoms with van der Waals surface area (Å²) < 4.78 is 42.6. The van der Waals surface area contributed by atoms with Gasteiger partial charge in [-0.15, -0.1) is 13.2 Å². The van der Waals surface area contributed by atoms with Crippen LogP contribution in [-0.4, -0.2) is 34.6 Å². The highest BCUT2D eigenvalue weighted by molar-refractivity contribution is 14.1. The van der Waals surface area contributed by atoms with Crippen molar-refractivity contribution < 1.29 is 23.0 Å². The molecule has 11 heteroatoms. The van der Waals surface area contributed by atoms with Gasteiger partial charge in [-0.3, -0.25) is 0 Å². The summed E-state index contributed by atoms with van der Waals surface area (Å²) in [5.41, 5.74) is 1.34. The van der Waals surface area contributed by atoms with Gasteiger partial charge < -0.3 is 20.5 Å². The maximum Gasteiger partial charge on any atom is 0.573 e. The molecule has 0 bridgehead atoms. The molecule has 30 heavy (non-hydrogen) atoms. The van der Waals surface area contributed by atoms with E-state index in [0.29, 0.717) is 27.8 Å². The van der Waals surface area contributed by atoms with Gasteiger partial charge >= 0.3 is 6.36 Å². The zero-order chi connectivity index (χ0) is 21.7. The van der Waals surface area contributed by atoms with Gasteiger partial charge in [-0.2, -0.15) is 4.98 Å². The molecule has 1 aromatic heterocycles. The average molecular weight is 551 g/mol. The van der Waals surface area contributed by atoms with Crippen LogP contribution in [0.15, 0.2) is 48.5 Å². The Morgan fingerprint density at radius 1 is 1.10 bits per heavy atom. The number of nitrogens with zero attached hydrogens (tertiary/aromatic N) is 2. The van der Waals surface area contributed by atoms with Crippen molar-refractivity contribution in [1.82, 2.24) is 9.97 Å². The van der Waals surface area contributed by atoms with Crippen LogP contribution in [0.1, 0.15) is 0 Å². The first-order valence-electron chi connectivity index (χ1n) is 8.55. The maximum atomic E-state index is 12.5. The highest BCUT2D eigenvalue weighted by atomic mass is 127. The number of aliphatic hydroxyl groups excluding tert-OH is 1. The molecule has 0 aliphatic heterocycles. The Balaban J connectivity index is 1.97. The second-order valence-corrected chi connectivity index (χ2v) is 7.59. The van der Waals surface area contributed by atoms with Crippen molar-refractivity contribution in [2.75, 3.05) is 23.8 Å². The van der Waals surface area contributed by atoms with Gasteiger partial charge in [-0.1, -0.05) is 23.7 Å². The van der Waals surface area contributed by atoms with E-state index in [1.54, 1.807) is 24.3 Å². The quantitative estimate of drug-likeness (QED) is 0.340. The molecule has 0 amide bonds. The normalized spacial score (nSPS) is 11.3. The number of aromatic nitrogens is 2. The molecule has 2 aromatic carbocycles. The molecule has 0 aliphatic rings. The molecule has 1 heterocycles. The largest absolute Gasteiger partial charge is 0.573 e. The molecule has 158 valence electrons. The topological polar surface area (TPSA) is 79.3 Å². The predicted molar refractivity (Wildman–Crippen MR) is 117 cm³/mol. The molecule has 0 spiro atoms. The van der Waals surface area contributed by atoms with E-state index in [4.69, 9.17) is 16.7 Å². The lowest BCUT2D eigenvalue weighted by atomic mass is 10.1. The van der Waals surface area contributed by atoms with Crippen LogP contribution in [0.4, 0.5) is 30.6 Å². The summed E-state index contributed by atoms with van der Waals surface area (Å²) in [6.07, 6.45) is -4.80. The first kappa shape index (κ1) is 22.4. The van der Waals surface area contributed by atoms with E-state index < -0.39 is 6.36 Å². The van der Waals surface area contributed by atoms with E-state index in [-0.39, 0.29) is 24.8 Å². The van der Waals surface area contributed by atoms with Crippen molar-refractivity contribution in [3.63, 3.8) is 0 Å². The summed E-state index contributed by atoms with van der Waals surface area (Å²) in [6.45, 7) is 0.0542. The number of aliphatic hydroxyl groups is 1. The van der Waals surface area contributed by atoms with Crippen LogP contribution in [-0.2, 0) is 0 Å². The number of benzene rings is 2. The van der Waals surface area contributed by atoms with Crippen LogP contribution >= 0.6 is 34.2 Å². The molecule has 3 rings (SSSR count). The van der Waals surface area contributed by atoms with Gasteiger partial charge in [0.1, 0.15) is 11.6 Å². The fourth-order valence-electron chi connectivity index (χ4n) is 2.49. The Hall–Kier alpha value is -2.31. The van der Waals surface area contributed by atoms with Crippen LogP contribution in [0.3, 0.4) is 0 Å². The molecule has 0 fully saturated rings. The highest BCUT2D eigenvalue weighted by Gasteiger charge is 2.31. The number of hydrogen-bond donors (Lipinski definition) is 3. The molecule has 3 N–H and O–H groups in total. The first-order valence-corrected chi connectivity index (χ1v) is 10.0. The van der Waals surface area contributed by atoms with E-state index in [1.165, 1.54) is 18.2 Å². The second-order valence-electron chi connectivity index (χ2n) is 5.94. The van der Waals surface area contributed by atoms with E-state index in [1.807, 2.05) is 6.07 Å². The fraction of sp³-hybridized carbons (Fsp3) is 0.158. The number of nitrogens with one attached hydrogen (secondary N) is 2. The molecular formula is C19H15ClF3IN4O2. The molecular weight excluding hydrogens is 536 g/mol. The number of anilines is 3. The number of ether oxygens (including phenoxy) is 1. The van der Waals surface area contributed by atoms with Crippen LogP contribution in [0.5, 0.6) is 5.75 Å². The minimum Gasteiger partial charge on any atom is -0.406 e. The molecule has 3 aromatic rings. The first-order chi connectivity index (χ1) is 14.2. The van der Waals surface area contributed by atoms with Crippen molar-refractivity contribution in [3.05, 3.63) is 57.1 Å². The Labute approximate surface area is 188 Å². The zero-order valence-corrected chi connectivity index (χ0v) is 18.1. The van der Waals surface area contributed by atoms with E-state index >= 15 is 0 Å². The third-order valence-corrected chi connectivity index (χ3v) is 4.66. The van der Waals surface area contributed by atoms with Crippen molar-refractivity contribution in [3.8, 4) is 17.0 Å². The lowest BCUT2D eigenvalue weighted by Crippen LogP contribution is -2.17. The van der Waals surface area contributed by atoms with E-state index in [9.17, 15) is 13.2 Å². The van der Waals surface area contributed by atoms with Crippen LogP contribution < -0.4 is 15.4 Å². The number of hydrogen-bond acceptors (Lipinski definition) is 6.